The minimum Gasteiger partial charge on any atom is -0.506 e. The van der Waals surface area contributed by atoms with Gasteiger partial charge in [-0.15, -0.1) is 0 Å². The first-order chi connectivity index (χ1) is 9.25. The molecular formula is C12H6F5NO2. The molecule has 0 unspecified atom stereocenters. The predicted octanol–water partition coefficient (Wildman–Crippen LogP) is 3.04. The Bertz CT molecular complexity index is 689. The highest BCUT2D eigenvalue weighted by atomic mass is 19.2. The van der Waals surface area contributed by atoms with Gasteiger partial charge in [0.25, 0.3) is 0 Å². The van der Waals surface area contributed by atoms with Gasteiger partial charge in [0.15, 0.2) is 17.4 Å². The summed E-state index contributed by atoms with van der Waals surface area (Å²) in [5, 5.41) is 17.9. The van der Waals surface area contributed by atoms with Gasteiger partial charge in [0.1, 0.15) is 11.6 Å². The smallest absolute Gasteiger partial charge is 0.204 e. The van der Waals surface area contributed by atoms with Gasteiger partial charge < -0.3 is 15.9 Å². The molecule has 20 heavy (non-hydrogen) atoms. The van der Waals surface area contributed by atoms with Crippen LogP contribution in [0.3, 0.4) is 0 Å². The molecule has 2 rings (SSSR count). The average molecular weight is 291 g/mol. The third-order valence-corrected chi connectivity index (χ3v) is 2.63. The lowest BCUT2D eigenvalue weighted by molar-refractivity contribution is 0.358. The monoisotopic (exact) mass is 291 g/mol. The Balaban J connectivity index is 2.87. The van der Waals surface area contributed by atoms with E-state index in [1.165, 1.54) is 0 Å². The molecule has 0 heterocycles. The minimum atomic E-state index is -2.06. The van der Waals surface area contributed by atoms with Crippen LogP contribution in [0.2, 0.25) is 0 Å². The first kappa shape index (κ1) is 13.9. The quantitative estimate of drug-likeness (QED) is 0.327. The lowest BCUT2D eigenvalue weighted by atomic mass is 10.0. The highest BCUT2D eigenvalue weighted by molar-refractivity contribution is 5.73. The van der Waals surface area contributed by atoms with Gasteiger partial charge in [-0.1, -0.05) is 0 Å². The van der Waals surface area contributed by atoms with E-state index in [0.29, 0.717) is 12.1 Å². The zero-order valence-corrected chi connectivity index (χ0v) is 9.52. The molecule has 106 valence electrons. The van der Waals surface area contributed by atoms with Crippen LogP contribution >= 0.6 is 0 Å². The first-order valence-corrected chi connectivity index (χ1v) is 5.09. The Morgan fingerprint density at radius 2 is 1.30 bits per heavy atom. The van der Waals surface area contributed by atoms with E-state index < -0.39 is 57.4 Å². The van der Waals surface area contributed by atoms with Gasteiger partial charge in [-0.05, 0) is 6.07 Å². The summed E-state index contributed by atoms with van der Waals surface area (Å²) in [6.07, 6.45) is 0. The van der Waals surface area contributed by atoms with Gasteiger partial charge in [-0.2, -0.15) is 8.78 Å². The fourth-order valence-corrected chi connectivity index (χ4v) is 1.63. The summed E-state index contributed by atoms with van der Waals surface area (Å²) in [4.78, 5) is 0. The number of hydrogen-bond donors (Lipinski definition) is 3. The van der Waals surface area contributed by atoms with E-state index in [-0.39, 0.29) is 0 Å². The van der Waals surface area contributed by atoms with E-state index >= 15 is 0 Å². The fraction of sp³-hybridized carbons (Fsp3) is 0. The third kappa shape index (κ3) is 1.89. The van der Waals surface area contributed by atoms with Crippen molar-refractivity contribution in [2.45, 2.75) is 0 Å². The van der Waals surface area contributed by atoms with Crippen molar-refractivity contribution in [1.82, 2.24) is 0 Å². The van der Waals surface area contributed by atoms with Gasteiger partial charge in [0.05, 0.1) is 11.3 Å². The van der Waals surface area contributed by atoms with Crippen LogP contribution in [-0.4, -0.2) is 10.2 Å². The number of benzene rings is 2. The number of nitrogen functional groups attached to an aromatic ring is 1. The minimum absolute atomic E-state index is 0.437. The van der Waals surface area contributed by atoms with Crippen molar-refractivity contribution in [3.8, 4) is 22.6 Å². The molecule has 0 atom stereocenters. The van der Waals surface area contributed by atoms with Crippen molar-refractivity contribution in [1.29, 1.82) is 0 Å². The van der Waals surface area contributed by atoms with E-state index in [0.717, 1.165) is 0 Å². The molecule has 0 saturated heterocycles. The molecular weight excluding hydrogens is 285 g/mol. The van der Waals surface area contributed by atoms with Crippen LogP contribution in [-0.2, 0) is 0 Å². The molecule has 0 aliphatic heterocycles. The van der Waals surface area contributed by atoms with Crippen molar-refractivity contribution >= 4 is 5.69 Å². The molecule has 0 spiro atoms. The normalized spacial score (nSPS) is 10.8. The number of phenolic OH excluding ortho intramolecular Hbond substituents is 2. The van der Waals surface area contributed by atoms with Gasteiger partial charge in [-0.25, -0.2) is 13.2 Å². The maximum atomic E-state index is 13.6. The Labute approximate surface area is 108 Å². The molecule has 2 aromatic rings. The maximum Gasteiger partial charge on any atom is 0.204 e. The van der Waals surface area contributed by atoms with E-state index in [9.17, 15) is 22.0 Å². The fourth-order valence-electron chi connectivity index (χ4n) is 1.63. The molecule has 0 fully saturated rings. The number of halogens is 5. The molecule has 0 bridgehead atoms. The summed E-state index contributed by atoms with van der Waals surface area (Å²) in [6, 6.07) is 1.05. The highest BCUT2D eigenvalue weighted by Gasteiger charge is 2.28. The van der Waals surface area contributed by atoms with E-state index in [2.05, 4.69) is 0 Å². The van der Waals surface area contributed by atoms with Gasteiger partial charge in [-0.3, -0.25) is 0 Å². The van der Waals surface area contributed by atoms with Gasteiger partial charge in [0.2, 0.25) is 11.6 Å². The molecule has 0 radical (unpaired) electrons. The molecule has 0 aliphatic carbocycles. The molecule has 3 nitrogen and oxygen atoms in total. The van der Waals surface area contributed by atoms with Crippen molar-refractivity contribution in [2.75, 3.05) is 5.73 Å². The second kappa shape index (κ2) is 4.55. The van der Waals surface area contributed by atoms with Crippen LogP contribution in [0.5, 0.6) is 11.5 Å². The van der Waals surface area contributed by atoms with Gasteiger partial charge in [0, 0.05) is 11.6 Å². The molecule has 2 aromatic carbocycles. The summed E-state index contributed by atoms with van der Waals surface area (Å²) in [5.41, 5.74) is 2.52. The van der Waals surface area contributed by atoms with Crippen LogP contribution in [0.4, 0.5) is 27.6 Å². The Kier molecular flexibility index (Phi) is 3.16. The summed E-state index contributed by atoms with van der Waals surface area (Å²) < 4.78 is 67.2. The lowest BCUT2D eigenvalue weighted by Crippen LogP contribution is -2.02. The SMILES string of the molecule is Nc1cc(-c2c(F)c(F)c(O)c(F)c2F)c(F)cc1O. The van der Waals surface area contributed by atoms with Crippen molar-refractivity contribution in [3.05, 3.63) is 41.2 Å². The topological polar surface area (TPSA) is 66.5 Å². The molecule has 4 N–H and O–H groups in total. The first-order valence-electron chi connectivity index (χ1n) is 5.09. The van der Waals surface area contributed by atoms with E-state index in [1.807, 2.05) is 0 Å². The summed E-state index contributed by atoms with van der Waals surface area (Å²) in [7, 11) is 0. The Hall–Kier alpha value is -2.51. The number of aromatic hydroxyl groups is 2. The van der Waals surface area contributed by atoms with E-state index in [4.69, 9.17) is 15.9 Å². The second-order valence-corrected chi connectivity index (χ2v) is 3.87. The number of rotatable bonds is 1. The summed E-state index contributed by atoms with van der Waals surface area (Å²) in [5.74, 6) is -12.0. The molecule has 0 amide bonds. The summed E-state index contributed by atoms with van der Waals surface area (Å²) >= 11 is 0. The van der Waals surface area contributed by atoms with Crippen molar-refractivity contribution in [3.63, 3.8) is 0 Å². The van der Waals surface area contributed by atoms with Crippen molar-refractivity contribution in [2.24, 2.45) is 0 Å². The predicted molar refractivity (Wildman–Crippen MR) is 59.4 cm³/mol. The number of anilines is 1. The number of phenols is 2. The van der Waals surface area contributed by atoms with E-state index in [1.54, 1.807) is 0 Å². The highest BCUT2D eigenvalue weighted by Crippen LogP contribution is 2.38. The van der Waals surface area contributed by atoms with Crippen LogP contribution in [0.15, 0.2) is 12.1 Å². The molecule has 0 aliphatic rings. The van der Waals surface area contributed by atoms with Crippen LogP contribution in [0.1, 0.15) is 0 Å². The van der Waals surface area contributed by atoms with Crippen LogP contribution in [0, 0.1) is 29.1 Å². The van der Waals surface area contributed by atoms with Crippen LogP contribution < -0.4 is 5.73 Å². The summed E-state index contributed by atoms with van der Waals surface area (Å²) in [6.45, 7) is 0. The third-order valence-electron chi connectivity index (χ3n) is 2.63. The van der Waals surface area contributed by atoms with Crippen molar-refractivity contribution < 1.29 is 32.2 Å². The maximum absolute atomic E-state index is 13.6. The molecule has 0 aromatic heterocycles. The lowest BCUT2D eigenvalue weighted by Gasteiger charge is -2.11. The zero-order valence-electron chi connectivity index (χ0n) is 9.52. The largest absolute Gasteiger partial charge is 0.506 e. The second-order valence-electron chi connectivity index (χ2n) is 3.87. The molecule has 0 saturated carbocycles. The zero-order chi connectivity index (χ0) is 15.2. The Morgan fingerprint density at radius 3 is 1.80 bits per heavy atom. The van der Waals surface area contributed by atoms with Gasteiger partial charge >= 0.3 is 0 Å². The average Bonchev–Trinajstić information content (AvgIpc) is 2.40. The van der Waals surface area contributed by atoms with Crippen LogP contribution in [0.25, 0.3) is 11.1 Å². The molecule has 8 heteroatoms. The standard InChI is InChI=1S/C12H6F5NO2/c13-4-2-6(19)5(18)1-3(4)7-8(14)10(16)12(20)11(17)9(7)15/h1-2,19-20H,18H2. The Morgan fingerprint density at radius 1 is 0.800 bits per heavy atom. The number of nitrogens with two attached hydrogens (primary N) is 1. The number of hydrogen-bond acceptors (Lipinski definition) is 3.